The first-order valence-electron chi connectivity index (χ1n) is 10.1. The van der Waals surface area contributed by atoms with Gasteiger partial charge >= 0.3 is 0 Å². The van der Waals surface area contributed by atoms with Gasteiger partial charge in [0.25, 0.3) is 0 Å². The molecule has 0 spiro atoms. The van der Waals surface area contributed by atoms with E-state index in [1.165, 1.54) is 25.9 Å². The van der Waals surface area contributed by atoms with Crippen molar-refractivity contribution >= 4 is 29.9 Å². The Morgan fingerprint density at radius 1 is 1.12 bits per heavy atom. The highest BCUT2D eigenvalue weighted by Gasteiger charge is 2.15. The first-order chi connectivity index (χ1) is 12.3. The molecule has 0 saturated carbocycles. The molecule has 1 atom stereocenters. The molecular weight excluding hydrogens is 443 g/mol. The molecule has 0 aromatic heterocycles. The van der Waals surface area contributed by atoms with Crippen LogP contribution in [-0.4, -0.2) is 77.1 Å². The number of hydrogen-bond donors (Lipinski definition) is 2. The van der Waals surface area contributed by atoms with Crippen LogP contribution in [0.25, 0.3) is 0 Å². The van der Waals surface area contributed by atoms with Crippen LogP contribution in [-0.2, 0) is 9.47 Å². The Kier molecular flexibility index (Phi) is 18.2. The maximum absolute atomic E-state index is 5.72. The lowest BCUT2D eigenvalue weighted by atomic mass is 10.1. The SMILES string of the molecule is CCCN(CCC)CCCNC(=NC)NCCCOCC1CCOC1.I. The van der Waals surface area contributed by atoms with Crippen LogP contribution in [0.3, 0.4) is 0 Å². The molecule has 0 aliphatic carbocycles. The second-order valence-electron chi connectivity index (χ2n) is 6.78. The third kappa shape index (κ3) is 13.1. The fraction of sp³-hybridized carbons (Fsp3) is 0.947. The molecule has 1 fully saturated rings. The zero-order valence-corrected chi connectivity index (χ0v) is 19.4. The van der Waals surface area contributed by atoms with Crippen molar-refractivity contribution in [3.63, 3.8) is 0 Å². The van der Waals surface area contributed by atoms with E-state index in [4.69, 9.17) is 9.47 Å². The molecule has 0 bridgehead atoms. The second kappa shape index (κ2) is 18.3. The summed E-state index contributed by atoms with van der Waals surface area (Å²) in [5.74, 6) is 1.49. The summed E-state index contributed by atoms with van der Waals surface area (Å²) >= 11 is 0. The first-order valence-corrected chi connectivity index (χ1v) is 10.1. The monoisotopic (exact) mass is 484 g/mol. The zero-order valence-electron chi connectivity index (χ0n) is 17.1. The van der Waals surface area contributed by atoms with Gasteiger partial charge in [0.1, 0.15) is 0 Å². The van der Waals surface area contributed by atoms with E-state index in [0.29, 0.717) is 5.92 Å². The largest absolute Gasteiger partial charge is 0.381 e. The van der Waals surface area contributed by atoms with Gasteiger partial charge in [-0.05, 0) is 51.7 Å². The minimum Gasteiger partial charge on any atom is -0.381 e. The Morgan fingerprint density at radius 3 is 2.38 bits per heavy atom. The third-order valence-electron chi connectivity index (χ3n) is 4.38. The smallest absolute Gasteiger partial charge is 0.190 e. The number of guanidine groups is 1. The molecule has 0 aromatic rings. The summed E-state index contributed by atoms with van der Waals surface area (Å²) in [6, 6.07) is 0. The summed E-state index contributed by atoms with van der Waals surface area (Å²) in [5.41, 5.74) is 0. The minimum atomic E-state index is 0. The topological polar surface area (TPSA) is 58.1 Å². The number of halogens is 1. The maximum Gasteiger partial charge on any atom is 0.190 e. The van der Waals surface area contributed by atoms with Crippen molar-refractivity contribution in [2.24, 2.45) is 10.9 Å². The highest BCUT2D eigenvalue weighted by Crippen LogP contribution is 2.12. The molecule has 0 radical (unpaired) electrons. The van der Waals surface area contributed by atoms with Crippen molar-refractivity contribution in [3.8, 4) is 0 Å². The van der Waals surface area contributed by atoms with Crippen molar-refractivity contribution in [1.82, 2.24) is 15.5 Å². The molecule has 156 valence electrons. The summed E-state index contributed by atoms with van der Waals surface area (Å²) in [5, 5.41) is 6.76. The Morgan fingerprint density at radius 2 is 1.81 bits per heavy atom. The van der Waals surface area contributed by atoms with Gasteiger partial charge in [0.15, 0.2) is 5.96 Å². The van der Waals surface area contributed by atoms with Crippen molar-refractivity contribution in [2.45, 2.75) is 46.0 Å². The van der Waals surface area contributed by atoms with Crippen LogP contribution in [0.1, 0.15) is 46.0 Å². The van der Waals surface area contributed by atoms with Gasteiger partial charge < -0.3 is 25.0 Å². The normalized spacial score (nSPS) is 17.4. The molecule has 2 N–H and O–H groups in total. The summed E-state index contributed by atoms with van der Waals surface area (Å²) in [6.45, 7) is 13.3. The molecule has 1 heterocycles. The van der Waals surface area contributed by atoms with Gasteiger partial charge in [-0.1, -0.05) is 13.8 Å². The number of nitrogens with one attached hydrogen (secondary N) is 2. The van der Waals surface area contributed by atoms with E-state index in [0.717, 1.165) is 71.3 Å². The predicted octanol–water partition coefficient (Wildman–Crippen LogP) is 2.72. The van der Waals surface area contributed by atoms with Gasteiger partial charge in [0, 0.05) is 39.3 Å². The molecule has 7 heteroatoms. The van der Waals surface area contributed by atoms with Crippen molar-refractivity contribution in [2.75, 3.05) is 66.2 Å². The van der Waals surface area contributed by atoms with Crippen LogP contribution in [0.2, 0.25) is 0 Å². The fourth-order valence-corrected chi connectivity index (χ4v) is 3.04. The summed E-state index contributed by atoms with van der Waals surface area (Å²) < 4.78 is 11.1. The molecule has 1 rings (SSSR count). The summed E-state index contributed by atoms with van der Waals surface area (Å²) in [6.07, 6.45) is 5.74. The van der Waals surface area contributed by atoms with Gasteiger partial charge in [-0.3, -0.25) is 4.99 Å². The Hall–Kier alpha value is -0.120. The van der Waals surface area contributed by atoms with E-state index in [2.05, 4.69) is 34.4 Å². The molecule has 1 unspecified atom stereocenters. The van der Waals surface area contributed by atoms with Crippen molar-refractivity contribution in [3.05, 3.63) is 0 Å². The van der Waals surface area contributed by atoms with Gasteiger partial charge in [-0.15, -0.1) is 24.0 Å². The number of nitrogens with zero attached hydrogens (tertiary/aromatic N) is 2. The maximum atomic E-state index is 5.72. The van der Waals surface area contributed by atoms with Crippen molar-refractivity contribution < 1.29 is 9.47 Å². The second-order valence-corrected chi connectivity index (χ2v) is 6.78. The Balaban J connectivity index is 0.00000625. The average Bonchev–Trinajstić information content (AvgIpc) is 3.13. The number of aliphatic imine (C=N–C) groups is 1. The van der Waals surface area contributed by atoms with Gasteiger partial charge in [0.2, 0.25) is 0 Å². The Bertz CT molecular complexity index is 334. The standard InChI is InChI=1S/C19H40N4O2.HI/c1-4-11-23(12-5-2)13-6-9-21-19(20-3)22-10-7-14-24-16-18-8-15-25-17-18;/h18H,4-17H2,1-3H3,(H2,20,21,22);1H. The van der Waals surface area contributed by atoms with Gasteiger partial charge in [0.05, 0.1) is 13.2 Å². The van der Waals surface area contributed by atoms with E-state index >= 15 is 0 Å². The van der Waals surface area contributed by atoms with Crippen molar-refractivity contribution in [1.29, 1.82) is 0 Å². The van der Waals surface area contributed by atoms with Gasteiger partial charge in [-0.25, -0.2) is 0 Å². The zero-order chi connectivity index (χ0) is 18.2. The minimum absolute atomic E-state index is 0. The number of ether oxygens (including phenoxy) is 2. The molecule has 1 aliphatic heterocycles. The van der Waals surface area contributed by atoms with Crippen LogP contribution in [0.4, 0.5) is 0 Å². The molecule has 1 aliphatic rings. The summed E-state index contributed by atoms with van der Waals surface area (Å²) in [4.78, 5) is 6.83. The predicted molar refractivity (Wildman–Crippen MR) is 121 cm³/mol. The van der Waals surface area contributed by atoms with Crippen LogP contribution in [0.5, 0.6) is 0 Å². The average molecular weight is 484 g/mol. The van der Waals surface area contributed by atoms with E-state index in [1.54, 1.807) is 0 Å². The molecule has 26 heavy (non-hydrogen) atoms. The van der Waals surface area contributed by atoms with E-state index < -0.39 is 0 Å². The van der Waals surface area contributed by atoms with Crippen LogP contribution in [0.15, 0.2) is 4.99 Å². The quantitative estimate of drug-likeness (QED) is 0.172. The fourth-order valence-electron chi connectivity index (χ4n) is 3.04. The van der Waals surface area contributed by atoms with Crippen LogP contribution < -0.4 is 10.6 Å². The van der Waals surface area contributed by atoms with Crippen LogP contribution in [0, 0.1) is 5.92 Å². The van der Waals surface area contributed by atoms with E-state index in [9.17, 15) is 0 Å². The lowest BCUT2D eigenvalue weighted by Crippen LogP contribution is -2.39. The number of rotatable bonds is 14. The third-order valence-corrected chi connectivity index (χ3v) is 4.38. The highest BCUT2D eigenvalue weighted by atomic mass is 127. The number of hydrogen-bond acceptors (Lipinski definition) is 4. The molecular formula is C19H41IN4O2. The lowest BCUT2D eigenvalue weighted by molar-refractivity contribution is 0.0888. The molecule has 1 saturated heterocycles. The molecule has 6 nitrogen and oxygen atoms in total. The highest BCUT2D eigenvalue weighted by molar-refractivity contribution is 14.0. The van der Waals surface area contributed by atoms with Crippen LogP contribution >= 0.6 is 24.0 Å². The van der Waals surface area contributed by atoms with Gasteiger partial charge in [-0.2, -0.15) is 0 Å². The Labute approximate surface area is 177 Å². The lowest BCUT2D eigenvalue weighted by Gasteiger charge is -2.21. The first kappa shape index (κ1) is 25.9. The van der Waals surface area contributed by atoms with E-state index in [1.807, 2.05) is 7.05 Å². The summed E-state index contributed by atoms with van der Waals surface area (Å²) in [7, 11) is 1.83. The van der Waals surface area contributed by atoms with E-state index in [-0.39, 0.29) is 24.0 Å². The molecule has 0 aromatic carbocycles. The molecule has 0 amide bonds.